The number of nitrogens with one attached hydrogen (secondary N) is 2. The van der Waals surface area contributed by atoms with E-state index in [1.54, 1.807) is 20.8 Å². The first-order valence-electron chi connectivity index (χ1n) is 13.6. The molecule has 1 unspecified atom stereocenters. The van der Waals surface area contributed by atoms with Crippen LogP contribution in [0.4, 0.5) is 0 Å². The van der Waals surface area contributed by atoms with Gasteiger partial charge in [0.05, 0.1) is 21.6 Å². The van der Waals surface area contributed by atoms with Crippen LogP contribution in [0.3, 0.4) is 0 Å². The number of halogens is 1. The molecular formula is C30H35ClN4O4. The number of carbonyl (C=O) groups excluding carboxylic acids is 1. The molecule has 0 bridgehead atoms. The number of H-pyrrole nitrogens is 1. The Balaban J connectivity index is 1.26. The van der Waals surface area contributed by atoms with E-state index in [9.17, 15) is 14.7 Å². The lowest BCUT2D eigenvalue weighted by molar-refractivity contribution is -0.151. The molecule has 2 aliphatic carbocycles. The number of amides is 1. The molecule has 2 heterocycles. The van der Waals surface area contributed by atoms with E-state index in [2.05, 4.69) is 33.5 Å². The number of carboxylic acid groups (broad SMARTS) is 1. The number of rotatable bonds is 7. The van der Waals surface area contributed by atoms with Crippen molar-refractivity contribution in [2.45, 2.75) is 77.9 Å². The molecule has 2 aromatic heterocycles. The van der Waals surface area contributed by atoms with Gasteiger partial charge in [-0.25, -0.2) is 4.98 Å². The maximum Gasteiger partial charge on any atom is 0.309 e. The summed E-state index contributed by atoms with van der Waals surface area (Å²) in [6.45, 7) is 5.17. The lowest BCUT2D eigenvalue weighted by atomic mass is 9.70. The topological polar surface area (TPSA) is 117 Å². The van der Waals surface area contributed by atoms with Crippen molar-refractivity contribution in [1.29, 1.82) is 0 Å². The Morgan fingerprint density at radius 3 is 2.38 bits per heavy atom. The van der Waals surface area contributed by atoms with E-state index in [-0.39, 0.29) is 24.0 Å². The SMILES string of the molecule is CC(=O)NC1CC=C(c2ccc(-c3nc4nc(OC5CCC(C(C)(C)C(=O)O)CC5)[nH]c4cc3Cl)cc2)CC1. The van der Waals surface area contributed by atoms with Gasteiger partial charge in [0.1, 0.15) is 6.10 Å². The minimum atomic E-state index is -0.750. The van der Waals surface area contributed by atoms with Gasteiger partial charge in [-0.3, -0.25) is 9.59 Å². The number of nitrogens with zero attached hydrogens (tertiary/aromatic N) is 2. The van der Waals surface area contributed by atoms with Crippen LogP contribution in [0.15, 0.2) is 36.4 Å². The van der Waals surface area contributed by atoms with Gasteiger partial charge in [-0.1, -0.05) is 41.9 Å². The highest BCUT2D eigenvalue weighted by Crippen LogP contribution is 2.39. The molecule has 2 aliphatic rings. The number of pyridine rings is 1. The van der Waals surface area contributed by atoms with E-state index in [1.807, 2.05) is 18.2 Å². The second-order valence-electron chi connectivity index (χ2n) is 11.3. The molecule has 0 radical (unpaired) electrons. The van der Waals surface area contributed by atoms with Gasteiger partial charge in [0.25, 0.3) is 6.01 Å². The lowest BCUT2D eigenvalue weighted by Gasteiger charge is -2.36. The highest BCUT2D eigenvalue weighted by molar-refractivity contribution is 6.33. The number of aliphatic carboxylic acids is 1. The Labute approximate surface area is 233 Å². The van der Waals surface area contributed by atoms with Gasteiger partial charge >= 0.3 is 5.97 Å². The third kappa shape index (κ3) is 5.96. The van der Waals surface area contributed by atoms with Crippen molar-refractivity contribution in [2.75, 3.05) is 0 Å². The summed E-state index contributed by atoms with van der Waals surface area (Å²) in [4.78, 5) is 35.4. The van der Waals surface area contributed by atoms with Crippen LogP contribution in [0.5, 0.6) is 6.01 Å². The van der Waals surface area contributed by atoms with Crippen molar-refractivity contribution in [3.8, 4) is 17.3 Å². The predicted octanol–water partition coefficient (Wildman–Crippen LogP) is 6.40. The quantitative estimate of drug-likeness (QED) is 0.313. The Kier molecular flexibility index (Phi) is 7.67. The van der Waals surface area contributed by atoms with Gasteiger partial charge in [0.2, 0.25) is 5.91 Å². The number of hydrogen-bond donors (Lipinski definition) is 3. The maximum absolute atomic E-state index is 11.6. The van der Waals surface area contributed by atoms with Crippen molar-refractivity contribution < 1.29 is 19.4 Å². The van der Waals surface area contributed by atoms with E-state index in [0.717, 1.165) is 56.1 Å². The number of carbonyl (C=O) groups is 2. The minimum Gasteiger partial charge on any atom is -0.481 e. The van der Waals surface area contributed by atoms with Gasteiger partial charge in [-0.2, -0.15) is 4.98 Å². The zero-order valence-corrected chi connectivity index (χ0v) is 23.3. The monoisotopic (exact) mass is 550 g/mol. The van der Waals surface area contributed by atoms with Crippen molar-refractivity contribution in [3.05, 3.63) is 47.0 Å². The number of aromatic nitrogens is 3. The fourth-order valence-corrected chi connectivity index (χ4v) is 6.01. The minimum absolute atomic E-state index is 0.0161. The number of carboxylic acids is 1. The first-order valence-corrected chi connectivity index (χ1v) is 14.0. The number of ether oxygens (including phenoxy) is 1. The van der Waals surface area contributed by atoms with Crippen LogP contribution in [-0.2, 0) is 9.59 Å². The summed E-state index contributed by atoms with van der Waals surface area (Å²) in [6, 6.07) is 10.7. The molecule has 1 saturated carbocycles. The predicted molar refractivity (Wildman–Crippen MR) is 152 cm³/mol. The van der Waals surface area contributed by atoms with Crippen molar-refractivity contribution in [1.82, 2.24) is 20.3 Å². The summed E-state index contributed by atoms with van der Waals surface area (Å²) in [5.74, 6) is -0.599. The molecule has 0 spiro atoms. The molecule has 8 nitrogen and oxygen atoms in total. The molecule has 39 heavy (non-hydrogen) atoms. The van der Waals surface area contributed by atoms with E-state index in [0.29, 0.717) is 27.9 Å². The molecule has 9 heteroatoms. The smallest absolute Gasteiger partial charge is 0.309 e. The zero-order chi connectivity index (χ0) is 27.7. The number of imidazole rings is 1. The number of allylic oxidation sites excluding steroid dienone is 1. The van der Waals surface area contributed by atoms with Crippen LogP contribution >= 0.6 is 11.6 Å². The molecule has 3 N–H and O–H groups in total. The Bertz CT molecular complexity index is 1400. The summed E-state index contributed by atoms with van der Waals surface area (Å²) >= 11 is 6.62. The van der Waals surface area contributed by atoms with Crippen molar-refractivity contribution in [3.63, 3.8) is 0 Å². The van der Waals surface area contributed by atoms with E-state index in [4.69, 9.17) is 21.3 Å². The molecule has 0 saturated heterocycles. The number of hydrogen-bond acceptors (Lipinski definition) is 5. The van der Waals surface area contributed by atoms with Gasteiger partial charge in [0.15, 0.2) is 5.65 Å². The molecule has 1 atom stereocenters. The lowest BCUT2D eigenvalue weighted by Crippen LogP contribution is -2.37. The Morgan fingerprint density at radius 2 is 1.77 bits per heavy atom. The third-order valence-corrected chi connectivity index (χ3v) is 8.56. The highest BCUT2D eigenvalue weighted by atomic mass is 35.5. The fourth-order valence-electron chi connectivity index (χ4n) is 5.75. The highest BCUT2D eigenvalue weighted by Gasteiger charge is 2.39. The van der Waals surface area contributed by atoms with Crippen LogP contribution < -0.4 is 10.1 Å². The molecule has 1 fully saturated rings. The number of aromatic amines is 1. The third-order valence-electron chi connectivity index (χ3n) is 8.28. The molecule has 0 aliphatic heterocycles. The second kappa shape index (κ2) is 11.0. The average Bonchev–Trinajstić information content (AvgIpc) is 3.29. The standard InChI is InChI=1S/C30H35ClN4O4/c1-17(36)32-22-12-8-19(9-13-22)18-4-6-20(7-5-18)26-24(31)16-25-27(34-26)35-29(33-25)39-23-14-10-21(11-15-23)30(2,3)28(37)38/h4-8,16,21-23H,9-15H2,1-3H3,(H,32,36)(H,37,38)(H,33,34,35). The van der Waals surface area contributed by atoms with E-state index >= 15 is 0 Å². The van der Waals surface area contributed by atoms with Crippen LogP contribution in [0.1, 0.15) is 71.3 Å². The molecule has 1 aromatic carbocycles. The Hall–Kier alpha value is -3.39. The maximum atomic E-state index is 11.6. The molecular weight excluding hydrogens is 516 g/mol. The Morgan fingerprint density at radius 1 is 1.08 bits per heavy atom. The summed E-state index contributed by atoms with van der Waals surface area (Å²) in [5.41, 5.74) is 4.52. The molecule has 3 aromatic rings. The number of fused-ring (bicyclic) bond motifs is 1. The van der Waals surface area contributed by atoms with Gasteiger partial charge in [-0.15, -0.1) is 0 Å². The van der Waals surface area contributed by atoms with Crippen molar-refractivity contribution in [2.24, 2.45) is 11.3 Å². The average molecular weight is 551 g/mol. The van der Waals surface area contributed by atoms with Gasteiger partial charge in [0, 0.05) is 18.5 Å². The van der Waals surface area contributed by atoms with E-state index < -0.39 is 11.4 Å². The first-order chi connectivity index (χ1) is 18.6. The summed E-state index contributed by atoms with van der Waals surface area (Å²) < 4.78 is 6.13. The summed E-state index contributed by atoms with van der Waals surface area (Å²) in [7, 11) is 0. The largest absolute Gasteiger partial charge is 0.481 e. The summed E-state index contributed by atoms with van der Waals surface area (Å²) in [5, 5.41) is 13.1. The van der Waals surface area contributed by atoms with Crippen LogP contribution in [-0.4, -0.2) is 44.1 Å². The summed E-state index contributed by atoms with van der Waals surface area (Å²) in [6.07, 6.45) is 8.07. The fraction of sp³-hybridized carbons (Fsp3) is 0.467. The molecule has 206 valence electrons. The van der Waals surface area contributed by atoms with E-state index in [1.165, 1.54) is 5.57 Å². The molecule has 5 rings (SSSR count). The second-order valence-corrected chi connectivity index (χ2v) is 11.7. The van der Waals surface area contributed by atoms with Gasteiger partial charge in [-0.05, 0) is 81.9 Å². The normalized spacial score (nSPS) is 21.8. The van der Waals surface area contributed by atoms with Crippen LogP contribution in [0, 0.1) is 11.3 Å². The van der Waals surface area contributed by atoms with Crippen molar-refractivity contribution >= 4 is 40.2 Å². The van der Waals surface area contributed by atoms with Crippen LogP contribution in [0.2, 0.25) is 5.02 Å². The van der Waals surface area contributed by atoms with Gasteiger partial charge < -0.3 is 20.1 Å². The number of benzene rings is 1. The first kappa shape index (κ1) is 27.2. The molecule has 1 amide bonds. The van der Waals surface area contributed by atoms with Crippen LogP contribution in [0.25, 0.3) is 28.0 Å². The zero-order valence-electron chi connectivity index (χ0n) is 22.6.